The van der Waals surface area contributed by atoms with Crippen LogP contribution >= 0.6 is 11.6 Å². The molecule has 2 aromatic carbocycles. The van der Waals surface area contributed by atoms with Crippen LogP contribution in [-0.2, 0) is 9.63 Å². The first-order valence-corrected chi connectivity index (χ1v) is 8.14. The summed E-state index contributed by atoms with van der Waals surface area (Å²) in [5.41, 5.74) is 1.96. The quantitative estimate of drug-likeness (QED) is 0.557. The van der Waals surface area contributed by atoms with Crippen molar-refractivity contribution in [1.29, 1.82) is 0 Å². The van der Waals surface area contributed by atoms with Gasteiger partial charge in [0, 0.05) is 23.0 Å². The number of benzene rings is 2. The van der Waals surface area contributed by atoms with Gasteiger partial charge in [-0.1, -0.05) is 35.9 Å². The molecule has 1 amide bonds. The van der Waals surface area contributed by atoms with Gasteiger partial charge in [0.1, 0.15) is 11.1 Å². The third-order valence-corrected chi connectivity index (χ3v) is 3.99. The molecule has 0 aliphatic carbocycles. The van der Waals surface area contributed by atoms with Crippen molar-refractivity contribution in [3.8, 4) is 0 Å². The molecule has 0 fully saturated rings. The fraction of sp³-hybridized carbons (Fsp3) is 0.105. The van der Waals surface area contributed by atoms with Crippen molar-refractivity contribution < 1.29 is 18.8 Å². The van der Waals surface area contributed by atoms with Crippen LogP contribution in [0.3, 0.4) is 0 Å². The minimum Gasteiger partial charge on any atom is -0.435 e. The molecule has 1 aromatic heterocycles. The zero-order valence-electron chi connectivity index (χ0n) is 14.1. The van der Waals surface area contributed by atoms with Crippen molar-refractivity contribution in [2.24, 2.45) is 5.16 Å². The van der Waals surface area contributed by atoms with Gasteiger partial charge in [0.25, 0.3) is 11.5 Å². The summed E-state index contributed by atoms with van der Waals surface area (Å²) in [6.45, 7) is 3.07. The predicted molar refractivity (Wildman–Crippen MR) is 97.7 cm³/mol. The van der Waals surface area contributed by atoms with Gasteiger partial charge in [-0.05, 0) is 41.9 Å². The number of rotatable bonds is 3. The lowest BCUT2D eigenvalue weighted by Gasteiger charge is -2.08. The third kappa shape index (κ3) is 3.92. The molecule has 0 saturated carbocycles. The topological polar surface area (TPSA) is 80.9 Å². The van der Waals surface area contributed by atoms with Crippen molar-refractivity contribution in [2.45, 2.75) is 13.8 Å². The number of para-hydroxylation sites is 1. The minimum absolute atomic E-state index is 0.102. The number of nitrogens with zero attached hydrogens (tertiary/aromatic N) is 1. The first-order valence-electron chi connectivity index (χ1n) is 7.76. The largest absolute Gasteiger partial charge is 0.435 e. The standard InChI is InChI=1S/C19H15ClN2O4/c1-11-7-8-14(10-16(11)20)21-18(24)15-9-13-5-3-4-6-17(13)25-19(15)22-26-12(2)23/h3-10H,1-2H3,(H,21,24)/b22-19+. The van der Waals surface area contributed by atoms with Crippen molar-refractivity contribution in [3.05, 3.63) is 70.2 Å². The molecular formula is C19H15ClN2O4. The average molecular weight is 371 g/mol. The summed E-state index contributed by atoms with van der Waals surface area (Å²) in [5, 5.41) is 7.63. The van der Waals surface area contributed by atoms with Gasteiger partial charge in [-0.2, -0.15) is 0 Å². The van der Waals surface area contributed by atoms with Gasteiger partial charge in [0.05, 0.1) is 0 Å². The lowest BCUT2D eigenvalue weighted by Crippen LogP contribution is -2.22. The molecule has 1 N–H and O–H groups in total. The highest BCUT2D eigenvalue weighted by Gasteiger charge is 2.14. The lowest BCUT2D eigenvalue weighted by molar-refractivity contribution is -0.141. The Labute approximate surface area is 154 Å². The van der Waals surface area contributed by atoms with Crippen LogP contribution in [0.4, 0.5) is 5.69 Å². The van der Waals surface area contributed by atoms with Gasteiger partial charge in [0.15, 0.2) is 0 Å². The van der Waals surface area contributed by atoms with E-state index in [0.717, 1.165) is 5.56 Å². The van der Waals surface area contributed by atoms with Crippen LogP contribution in [0.5, 0.6) is 0 Å². The second kappa shape index (κ2) is 7.41. The Morgan fingerprint density at radius 1 is 1.15 bits per heavy atom. The van der Waals surface area contributed by atoms with Crippen LogP contribution in [0.25, 0.3) is 11.0 Å². The van der Waals surface area contributed by atoms with Gasteiger partial charge in [0.2, 0.25) is 0 Å². The maximum Gasteiger partial charge on any atom is 0.332 e. The number of amides is 1. The molecule has 132 valence electrons. The Morgan fingerprint density at radius 2 is 1.92 bits per heavy atom. The Balaban J connectivity index is 2.04. The predicted octanol–water partition coefficient (Wildman–Crippen LogP) is 4.03. The van der Waals surface area contributed by atoms with E-state index in [9.17, 15) is 9.59 Å². The molecule has 0 saturated heterocycles. The summed E-state index contributed by atoms with van der Waals surface area (Å²) >= 11 is 6.09. The number of hydrogen-bond donors (Lipinski definition) is 1. The molecule has 0 aliphatic rings. The van der Waals surface area contributed by atoms with Gasteiger partial charge in [-0.3, -0.25) is 4.79 Å². The maximum absolute atomic E-state index is 12.7. The SMILES string of the molecule is CC(=O)O/N=c1/oc2ccccc2cc1C(=O)Nc1ccc(C)c(Cl)c1. The van der Waals surface area contributed by atoms with E-state index >= 15 is 0 Å². The Hall–Kier alpha value is -3.12. The number of aryl methyl sites for hydroxylation is 1. The van der Waals surface area contributed by atoms with Gasteiger partial charge in [-0.15, -0.1) is 0 Å². The zero-order chi connectivity index (χ0) is 18.7. The smallest absolute Gasteiger partial charge is 0.332 e. The number of hydrogen-bond acceptors (Lipinski definition) is 5. The molecule has 0 spiro atoms. The molecule has 0 aliphatic heterocycles. The number of nitrogens with one attached hydrogen (secondary N) is 1. The molecule has 3 rings (SSSR count). The maximum atomic E-state index is 12.7. The number of fused-ring (bicyclic) bond motifs is 1. The molecule has 0 unspecified atom stereocenters. The first-order chi connectivity index (χ1) is 12.4. The normalized spacial score (nSPS) is 11.4. The number of halogens is 1. The number of anilines is 1. The van der Waals surface area contributed by atoms with Crippen LogP contribution in [0.2, 0.25) is 5.02 Å². The molecule has 1 heterocycles. The minimum atomic E-state index is -0.620. The van der Waals surface area contributed by atoms with Gasteiger partial charge in [-0.25, -0.2) is 4.79 Å². The number of carbonyl (C=O) groups is 2. The molecule has 3 aromatic rings. The lowest BCUT2D eigenvalue weighted by atomic mass is 10.1. The zero-order valence-corrected chi connectivity index (χ0v) is 14.8. The summed E-state index contributed by atoms with van der Waals surface area (Å²) in [7, 11) is 0. The monoisotopic (exact) mass is 370 g/mol. The Kier molecular flexibility index (Phi) is 5.04. The highest BCUT2D eigenvalue weighted by atomic mass is 35.5. The summed E-state index contributed by atoms with van der Waals surface area (Å²) in [6.07, 6.45) is 0. The average Bonchev–Trinajstić information content (AvgIpc) is 2.62. The van der Waals surface area contributed by atoms with Crippen LogP contribution in [0.15, 0.2) is 58.1 Å². The second-order valence-corrected chi connectivity index (χ2v) is 6.00. The van der Waals surface area contributed by atoms with Crippen molar-refractivity contribution in [2.75, 3.05) is 5.32 Å². The summed E-state index contributed by atoms with van der Waals surface area (Å²) in [5.74, 6) is -1.09. The first kappa shape index (κ1) is 17.7. The highest BCUT2D eigenvalue weighted by Crippen LogP contribution is 2.21. The molecule has 0 bridgehead atoms. The number of carbonyl (C=O) groups excluding carboxylic acids is 2. The van der Waals surface area contributed by atoms with E-state index < -0.39 is 11.9 Å². The summed E-state index contributed by atoms with van der Waals surface area (Å²) in [4.78, 5) is 28.4. The molecule has 6 nitrogen and oxygen atoms in total. The molecular weight excluding hydrogens is 356 g/mol. The fourth-order valence-electron chi connectivity index (χ4n) is 2.27. The van der Waals surface area contributed by atoms with Crippen LogP contribution < -0.4 is 10.9 Å². The highest BCUT2D eigenvalue weighted by molar-refractivity contribution is 6.31. The van der Waals surface area contributed by atoms with Gasteiger partial charge < -0.3 is 14.6 Å². The van der Waals surface area contributed by atoms with E-state index in [0.29, 0.717) is 21.7 Å². The van der Waals surface area contributed by atoms with E-state index in [4.69, 9.17) is 16.0 Å². The van der Waals surface area contributed by atoms with Crippen molar-refractivity contribution in [3.63, 3.8) is 0 Å². The molecule has 26 heavy (non-hydrogen) atoms. The molecule has 7 heteroatoms. The second-order valence-electron chi connectivity index (χ2n) is 5.60. The summed E-state index contributed by atoms with van der Waals surface area (Å²) < 4.78 is 5.61. The van der Waals surface area contributed by atoms with E-state index in [2.05, 4.69) is 15.3 Å². The van der Waals surface area contributed by atoms with E-state index in [1.165, 1.54) is 6.92 Å². The Bertz CT molecular complexity index is 1070. The summed E-state index contributed by atoms with van der Waals surface area (Å²) in [6, 6.07) is 13.9. The van der Waals surface area contributed by atoms with Crippen LogP contribution in [0.1, 0.15) is 22.8 Å². The Morgan fingerprint density at radius 3 is 2.65 bits per heavy atom. The van der Waals surface area contributed by atoms with Crippen molar-refractivity contribution in [1.82, 2.24) is 0 Å². The van der Waals surface area contributed by atoms with E-state index in [1.54, 1.807) is 42.5 Å². The molecule has 0 atom stereocenters. The van der Waals surface area contributed by atoms with Gasteiger partial charge >= 0.3 is 5.97 Å². The molecule has 0 radical (unpaired) electrons. The van der Waals surface area contributed by atoms with Crippen LogP contribution in [0, 0.1) is 6.92 Å². The third-order valence-electron chi connectivity index (χ3n) is 3.59. The van der Waals surface area contributed by atoms with Crippen molar-refractivity contribution >= 4 is 40.1 Å². The fourth-order valence-corrected chi connectivity index (χ4v) is 2.45. The van der Waals surface area contributed by atoms with Crippen LogP contribution in [-0.4, -0.2) is 11.9 Å². The van der Waals surface area contributed by atoms with E-state index in [1.807, 2.05) is 13.0 Å². The van der Waals surface area contributed by atoms with E-state index in [-0.39, 0.29) is 11.1 Å².